The highest BCUT2D eigenvalue weighted by Crippen LogP contribution is 2.30. The summed E-state index contributed by atoms with van der Waals surface area (Å²) in [5.74, 6) is -0.0255. The molecule has 1 saturated carbocycles. The van der Waals surface area contributed by atoms with Gasteiger partial charge in [0.05, 0.1) is 24.3 Å². The van der Waals surface area contributed by atoms with Crippen LogP contribution in [0.4, 0.5) is 10.5 Å². The number of carbonyl (C=O) groups excluding carboxylic acids is 2. The fourth-order valence-corrected chi connectivity index (χ4v) is 3.85. The van der Waals surface area contributed by atoms with Crippen molar-refractivity contribution < 1.29 is 19.1 Å². The summed E-state index contributed by atoms with van der Waals surface area (Å²) in [7, 11) is 1.33. The van der Waals surface area contributed by atoms with Crippen molar-refractivity contribution in [3.8, 4) is 6.07 Å². The summed E-state index contributed by atoms with van der Waals surface area (Å²) in [6.07, 6.45) is 3.35. The van der Waals surface area contributed by atoms with Crippen molar-refractivity contribution in [3.05, 3.63) is 28.8 Å². The molecule has 2 rings (SSSR count). The van der Waals surface area contributed by atoms with Gasteiger partial charge in [-0.15, -0.1) is 0 Å². The van der Waals surface area contributed by atoms with E-state index in [2.05, 4.69) is 23.6 Å². The van der Waals surface area contributed by atoms with Gasteiger partial charge in [-0.25, -0.2) is 9.59 Å². The van der Waals surface area contributed by atoms with Crippen LogP contribution in [-0.2, 0) is 9.47 Å². The SMILES string of the molecule is COC(=O)c1cc(C#N)cc(NC(C)C2CCC(NC(=O)OC(C)(C)C)CC2)c1C. The minimum atomic E-state index is -0.501. The van der Waals surface area contributed by atoms with E-state index < -0.39 is 11.6 Å². The number of anilines is 1. The molecule has 164 valence electrons. The van der Waals surface area contributed by atoms with Gasteiger partial charge in [-0.3, -0.25) is 0 Å². The van der Waals surface area contributed by atoms with E-state index in [9.17, 15) is 14.9 Å². The second-order valence-electron chi connectivity index (χ2n) is 8.99. The first-order chi connectivity index (χ1) is 14.0. The van der Waals surface area contributed by atoms with E-state index in [0.717, 1.165) is 36.9 Å². The highest BCUT2D eigenvalue weighted by molar-refractivity contribution is 5.93. The van der Waals surface area contributed by atoms with Crippen LogP contribution < -0.4 is 10.6 Å². The molecule has 1 aromatic carbocycles. The standard InChI is InChI=1S/C23H33N3O4/c1-14-19(21(27)29-6)11-16(13-24)12-20(14)25-15(2)17-7-9-18(10-8-17)26-22(28)30-23(3,4)5/h11-12,15,17-18,25H,7-10H2,1-6H3,(H,26,28). The second kappa shape index (κ2) is 9.84. The van der Waals surface area contributed by atoms with Gasteiger partial charge < -0.3 is 20.1 Å². The van der Waals surface area contributed by atoms with Crippen LogP contribution in [-0.4, -0.2) is 36.9 Å². The van der Waals surface area contributed by atoms with Crippen molar-refractivity contribution in [2.45, 2.75) is 78.0 Å². The van der Waals surface area contributed by atoms with Crippen molar-refractivity contribution in [2.75, 3.05) is 12.4 Å². The van der Waals surface area contributed by atoms with Crippen molar-refractivity contribution >= 4 is 17.7 Å². The third kappa shape index (κ3) is 6.38. The van der Waals surface area contributed by atoms with Gasteiger partial charge in [-0.2, -0.15) is 5.26 Å². The second-order valence-corrected chi connectivity index (χ2v) is 8.99. The zero-order valence-electron chi connectivity index (χ0n) is 18.8. The van der Waals surface area contributed by atoms with Gasteiger partial charge in [0, 0.05) is 17.8 Å². The lowest BCUT2D eigenvalue weighted by molar-refractivity contribution is 0.0485. The number of nitrogens with one attached hydrogen (secondary N) is 2. The minimum absolute atomic E-state index is 0.123. The molecule has 7 heteroatoms. The summed E-state index contributed by atoms with van der Waals surface area (Å²) in [6, 6.07) is 5.72. The van der Waals surface area contributed by atoms with Crippen molar-refractivity contribution in [3.63, 3.8) is 0 Å². The molecule has 1 aliphatic carbocycles. The molecule has 0 spiro atoms. The number of alkyl carbamates (subject to hydrolysis) is 1. The summed E-state index contributed by atoms with van der Waals surface area (Å²) < 4.78 is 10.2. The molecule has 0 saturated heterocycles. The lowest BCUT2D eigenvalue weighted by Gasteiger charge is -2.34. The highest BCUT2D eigenvalue weighted by atomic mass is 16.6. The van der Waals surface area contributed by atoms with Crippen molar-refractivity contribution in [1.29, 1.82) is 5.26 Å². The predicted octanol–water partition coefficient (Wildman–Crippen LogP) is 4.54. The zero-order chi connectivity index (χ0) is 22.5. The van der Waals surface area contributed by atoms with E-state index in [4.69, 9.17) is 9.47 Å². The fraction of sp³-hybridized carbons (Fsp3) is 0.609. The number of hydrogen-bond donors (Lipinski definition) is 2. The molecule has 0 aromatic heterocycles. The lowest BCUT2D eigenvalue weighted by Crippen LogP contribution is -2.42. The minimum Gasteiger partial charge on any atom is -0.465 e. The molecule has 0 radical (unpaired) electrons. The quantitative estimate of drug-likeness (QED) is 0.685. The normalized spacial score (nSPS) is 19.9. The Labute approximate surface area is 179 Å². The third-order valence-electron chi connectivity index (χ3n) is 5.53. The Kier molecular flexibility index (Phi) is 7.71. The summed E-state index contributed by atoms with van der Waals surface area (Å²) in [5.41, 5.74) is 1.86. The molecule has 1 atom stereocenters. The Bertz CT molecular complexity index is 815. The smallest absolute Gasteiger partial charge is 0.407 e. The Morgan fingerprint density at radius 1 is 1.20 bits per heavy atom. The molecular formula is C23H33N3O4. The zero-order valence-corrected chi connectivity index (χ0v) is 18.8. The van der Waals surface area contributed by atoms with Gasteiger partial charge in [-0.1, -0.05) is 0 Å². The first kappa shape index (κ1) is 23.5. The molecule has 1 amide bonds. The summed E-state index contributed by atoms with van der Waals surface area (Å²) in [6.45, 7) is 9.52. The van der Waals surface area contributed by atoms with Gasteiger partial charge in [-0.05, 0) is 83.9 Å². The van der Waals surface area contributed by atoms with Crippen LogP contribution in [0.1, 0.15) is 74.9 Å². The molecule has 1 aliphatic rings. The van der Waals surface area contributed by atoms with Crippen LogP contribution in [0.5, 0.6) is 0 Å². The third-order valence-corrected chi connectivity index (χ3v) is 5.53. The van der Waals surface area contributed by atoms with Crippen LogP contribution >= 0.6 is 0 Å². The van der Waals surface area contributed by atoms with Crippen molar-refractivity contribution in [1.82, 2.24) is 5.32 Å². The monoisotopic (exact) mass is 415 g/mol. The molecule has 0 heterocycles. The molecular weight excluding hydrogens is 382 g/mol. The topological polar surface area (TPSA) is 100 Å². The Morgan fingerprint density at radius 2 is 1.83 bits per heavy atom. The number of amides is 1. The first-order valence-electron chi connectivity index (χ1n) is 10.4. The first-order valence-corrected chi connectivity index (χ1v) is 10.4. The maximum atomic E-state index is 12.0. The van der Waals surface area contributed by atoms with Crippen LogP contribution in [0.3, 0.4) is 0 Å². The summed E-state index contributed by atoms with van der Waals surface area (Å²) in [5, 5.41) is 15.8. The average Bonchev–Trinajstić information content (AvgIpc) is 2.67. The Morgan fingerprint density at radius 3 is 2.37 bits per heavy atom. The van der Waals surface area contributed by atoms with Gasteiger partial charge in [0.2, 0.25) is 0 Å². The van der Waals surface area contributed by atoms with Gasteiger partial charge in [0.1, 0.15) is 5.60 Å². The number of nitrogens with zero attached hydrogens (tertiary/aromatic N) is 1. The number of esters is 1. The van der Waals surface area contributed by atoms with E-state index in [1.165, 1.54) is 7.11 Å². The molecule has 0 aliphatic heterocycles. The average molecular weight is 416 g/mol. The summed E-state index contributed by atoms with van der Waals surface area (Å²) >= 11 is 0. The maximum Gasteiger partial charge on any atom is 0.407 e. The number of benzene rings is 1. The van der Waals surface area contributed by atoms with E-state index in [0.29, 0.717) is 17.0 Å². The van der Waals surface area contributed by atoms with E-state index in [1.807, 2.05) is 27.7 Å². The highest BCUT2D eigenvalue weighted by Gasteiger charge is 2.28. The maximum absolute atomic E-state index is 12.0. The number of carbonyl (C=O) groups is 2. The molecule has 2 N–H and O–H groups in total. The number of rotatable bonds is 5. The largest absolute Gasteiger partial charge is 0.465 e. The number of ether oxygens (including phenoxy) is 2. The van der Waals surface area contributed by atoms with Crippen LogP contribution in [0.15, 0.2) is 12.1 Å². The van der Waals surface area contributed by atoms with E-state index in [1.54, 1.807) is 12.1 Å². The molecule has 1 fully saturated rings. The molecule has 1 unspecified atom stereocenters. The molecule has 1 aromatic rings. The predicted molar refractivity (Wildman–Crippen MR) is 115 cm³/mol. The van der Waals surface area contributed by atoms with Gasteiger partial charge >= 0.3 is 12.1 Å². The van der Waals surface area contributed by atoms with Crippen molar-refractivity contribution in [2.24, 2.45) is 5.92 Å². The van der Waals surface area contributed by atoms with E-state index >= 15 is 0 Å². The number of hydrogen-bond acceptors (Lipinski definition) is 6. The Balaban J connectivity index is 1.98. The number of nitriles is 1. The molecule has 0 bridgehead atoms. The van der Waals surface area contributed by atoms with Crippen LogP contribution in [0.2, 0.25) is 0 Å². The van der Waals surface area contributed by atoms with E-state index in [-0.39, 0.29) is 18.2 Å². The summed E-state index contributed by atoms with van der Waals surface area (Å²) in [4.78, 5) is 24.0. The fourth-order valence-electron chi connectivity index (χ4n) is 3.85. The van der Waals surface area contributed by atoms with Crippen LogP contribution in [0, 0.1) is 24.2 Å². The molecule has 30 heavy (non-hydrogen) atoms. The number of methoxy groups -OCH3 is 1. The van der Waals surface area contributed by atoms with Crippen LogP contribution in [0.25, 0.3) is 0 Å². The van der Waals surface area contributed by atoms with Gasteiger partial charge in [0.25, 0.3) is 0 Å². The molecule has 7 nitrogen and oxygen atoms in total. The van der Waals surface area contributed by atoms with Gasteiger partial charge in [0.15, 0.2) is 0 Å². The lowest BCUT2D eigenvalue weighted by atomic mass is 9.82. The Hall–Kier alpha value is -2.75.